The highest BCUT2D eigenvalue weighted by molar-refractivity contribution is 6.04. The molecule has 226 valence electrons. The molecular formula is C33H48N8O. The zero-order valence-electron chi connectivity index (χ0n) is 25.6. The molecule has 2 heterocycles. The zero-order chi connectivity index (χ0) is 29.7. The van der Waals surface area contributed by atoms with Crippen LogP contribution in [0.5, 0.6) is 5.75 Å². The molecule has 1 fully saturated rings. The number of aliphatic imine (C=N–C) groups is 2. The Morgan fingerprint density at radius 3 is 2.26 bits per heavy atom. The van der Waals surface area contributed by atoms with E-state index in [0.717, 1.165) is 93.5 Å². The summed E-state index contributed by atoms with van der Waals surface area (Å²) in [5.74, 6) is 1.52. The van der Waals surface area contributed by atoms with Gasteiger partial charge in [-0.05, 0) is 48.5 Å². The molecule has 0 aliphatic carbocycles. The van der Waals surface area contributed by atoms with Crippen LogP contribution in [0.2, 0.25) is 0 Å². The standard InChI is InChI=1S/C33H48N8O/c1-5-6-7-15-37-33(36-3)32-30(38-25-34)14-16-41(32)24-28-11-8-27(21-31(28)42-4)23-40-19-17-39(18-20-40)22-26-9-12-29(35-2)13-10-26/h8-14,16,21,35,38H,3,5-7,15,17-20,22-25,34H2,1-2,4H3. The normalized spacial score (nSPS) is 14.6. The van der Waals surface area contributed by atoms with Gasteiger partial charge in [0.05, 0.1) is 26.0 Å². The minimum Gasteiger partial charge on any atom is -0.496 e. The van der Waals surface area contributed by atoms with Gasteiger partial charge in [-0.15, -0.1) is 0 Å². The Morgan fingerprint density at radius 1 is 0.952 bits per heavy atom. The topological polar surface area (TPSA) is 95.4 Å². The number of rotatable bonds is 15. The predicted octanol–water partition coefficient (Wildman–Crippen LogP) is 4.87. The van der Waals surface area contributed by atoms with E-state index >= 15 is 0 Å². The summed E-state index contributed by atoms with van der Waals surface area (Å²) in [6.07, 6.45) is 5.38. The largest absolute Gasteiger partial charge is 0.496 e. The van der Waals surface area contributed by atoms with Gasteiger partial charge in [-0.1, -0.05) is 44.0 Å². The Balaban J connectivity index is 1.40. The number of hydrogen-bond acceptors (Lipinski definition) is 7. The summed E-state index contributed by atoms with van der Waals surface area (Å²) in [7, 11) is 3.70. The fraction of sp³-hybridized carbons (Fsp3) is 0.455. The molecule has 1 saturated heterocycles. The van der Waals surface area contributed by atoms with E-state index in [9.17, 15) is 0 Å². The molecule has 42 heavy (non-hydrogen) atoms. The second-order valence-corrected chi connectivity index (χ2v) is 10.8. The van der Waals surface area contributed by atoms with Gasteiger partial charge in [-0.2, -0.15) is 0 Å². The van der Waals surface area contributed by atoms with Crippen LogP contribution >= 0.6 is 0 Å². The van der Waals surface area contributed by atoms with Gasteiger partial charge in [0.2, 0.25) is 0 Å². The minimum atomic E-state index is 0.327. The van der Waals surface area contributed by atoms with Crippen molar-refractivity contribution in [3.8, 4) is 5.75 Å². The maximum absolute atomic E-state index is 5.87. The summed E-state index contributed by atoms with van der Waals surface area (Å²) in [4.78, 5) is 14.1. The summed E-state index contributed by atoms with van der Waals surface area (Å²) in [6.45, 7) is 13.8. The molecule has 0 unspecified atom stereocenters. The van der Waals surface area contributed by atoms with Gasteiger partial charge in [-0.3, -0.25) is 14.8 Å². The van der Waals surface area contributed by atoms with Crippen molar-refractivity contribution in [2.75, 3.05) is 64.2 Å². The van der Waals surface area contributed by atoms with Gasteiger partial charge < -0.3 is 25.7 Å². The molecule has 9 heteroatoms. The molecule has 0 radical (unpaired) electrons. The number of unbranched alkanes of at least 4 members (excludes halogenated alkanes) is 2. The van der Waals surface area contributed by atoms with Gasteiger partial charge in [0, 0.05) is 70.3 Å². The number of hydrogen-bond donors (Lipinski definition) is 3. The smallest absolute Gasteiger partial charge is 0.173 e. The third-order valence-electron chi connectivity index (χ3n) is 7.85. The molecule has 4 rings (SSSR count). The molecule has 1 aliphatic heterocycles. The number of amidine groups is 1. The van der Waals surface area contributed by atoms with Crippen LogP contribution < -0.4 is 21.1 Å². The van der Waals surface area contributed by atoms with E-state index in [1.807, 2.05) is 19.3 Å². The lowest BCUT2D eigenvalue weighted by atomic mass is 10.1. The number of nitrogens with zero attached hydrogens (tertiary/aromatic N) is 5. The molecule has 9 nitrogen and oxygen atoms in total. The first-order chi connectivity index (χ1) is 20.6. The molecule has 2 aromatic carbocycles. The van der Waals surface area contributed by atoms with Crippen LogP contribution in [0.4, 0.5) is 11.4 Å². The van der Waals surface area contributed by atoms with E-state index in [2.05, 4.69) is 86.1 Å². The van der Waals surface area contributed by atoms with Crippen LogP contribution in [0.3, 0.4) is 0 Å². The molecule has 4 N–H and O–H groups in total. The lowest BCUT2D eigenvalue weighted by Crippen LogP contribution is -2.45. The van der Waals surface area contributed by atoms with Crippen LogP contribution in [-0.2, 0) is 19.6 Å². The lowest BCUT2D eigenvalue weighted by Gasteiger charge is -2.34. The average molecular weight is 573 g/mol. The minimum absolute atomic E-state index is 0.327. The van der Waals surface area contributed by atoms with Gasteiger partial charge in [0.25, 0.3) is 0 Å². The molecule has 0 saturated carbocycles. The molecule has 3 aromatic rings. The number of anilines is 2. The second-order valence-electron chi connectivity index (χ2n) is 10.8. The second kappa shape index (κ2) is 16.1. The first-order valence-electron chi connectivity index (χ1n) is 15.1. The summed E-state index contributed by atoms with van der Waals surface area (Å²) >= 11 is 0. The van der Waals surface area contributed by atoms with Gasteiger partial charge in [0.15, 0.2) is 5.84 Å². The predicted molar refractivity (Wildman–Crippen MR) is 176 cm³/mol. The average Bonchev–Trinajstić information content (AvgIpc) is 3.41. The van der Waals surface area contributed by atoms with Gasteiger partial charge >= 0.3 is 0 Å². The van der Waals surface area contributed by atoms with E-state index in [1.54, 1.807) is 7.11 Å². The van der Waals surface area contributed by atoms with Crippen LogP contribution in [0, 0.1) is 0 Å². The fourth-order valence-electron chi connectivity index (χ4n) is 5.45. The zero-order valence-corrected chi connectivity index (χ0v) is 25.6. The summed E-state index contributed by atoms with van der Waals surface area (Å²) < 4.78 is 8.02. The molecule has 0 amide bonds. The number of nitrogens with one attached hydrogen (secondary N) is 2. The van der Waals surface area contributed by atoms with E-state index < -0.39 is 0 Å². The SMILES string of the molecule is C=NC(=NCCCCC)c1c(NCN)ccn1Cc1ccc(CN2CCN(Cc3ccc(NC)cc3)CC2)cc1OC. The number of nitrogens with two attached hydrogens (primary N) is 1. The van der Waals surface area contributed by atoms with Crippen LogP contribution in [0.25, 0.3) is 0 Å². The van der Waals surface area contributed by atoms with Crippen molar-refractivity contribution in [1.82, 2.24) is 14.4 Å². The van der Waals surface area contributed by atoms with E-state index in [-0.39, 0.29) is 0 Å². The van der Waals surface area contributed by atoms with Crippen molar-refractivity contribution in [2.45, 2.75) is 45.8 Å². The van der Waals surface area contributed by atoms with Crippen molar-refractivity contribution in [2.24, 2.45) is 15.7 Å². The maximum Gasteiger partial charge on any atom is 0.173 e. The summed E-state index contributed by atoms with van der Waals surface area (Å²) in [6, 6.07) is 17.3. The van der Waals surface area contributed by atoms with Crippen molar-refractivity contribution < 1.29 is 4.74 Å². The number of methoxy groups -OCH3 is 1. The van der Waals surface area contributed by atoms with Crippen molar-refractivity contribution in [3.63, 3.8) is 0 Å². The Hall–Kier alpha value is -3.66. The highest BCUT2D eigenvalue weighted by Crippen LogP contribution is 2.26. The Morgan fingerprint density at radius 2 is 1.64 bits per heavy atom. The Labute approximate surface area is 251 Å². The number of aromatic nitrogens is 1. The van der Waals surface area contributed by atoms with Crippen LogP contribution in [-0.4, -0.2) is 80.5 Å². The van der Waals surface area contributed by atoms with Gasteiger partial charge in [0.1, 0.15) is 11.4 Å². The molecular weight excluding hydrogens is 524 g/mol. The maximum atomic E-state index is 5.87. The van der Waals surface area contributed by atoms with E-state index in [1.165, 1.54) is 11.1 Å². The highest BCUT2D eigenvalue weighted by atomic mass is 16.5. The van der Waals surface area contributed by atoms with Crippen LogP contribution in [0.1, 0.15) is 48.6 Å². The molecule has 0 spiro atoms. The molecule has 0 atom stereocenters. The number of benzene rings is 2. The van der Waals surface area contributed by atoms with Crippen molar-refractivity contribution in [1.29, 1.82) is 0 Å². The third-order valence-corrected chi connectivity index (χ3v) is 7.85. The number of ether oxygens (including phenoxy) is 1. The van der Waals surface area contributed by atoms with E-state index in [0.29, 0.717) is 19.0 Å². The highest BCUT2D eigenvalue weighted by Gasteiger charge is 2.19. The van der Waals surface area contributed by atoms with E-state index in [4.69, 9.17) is 15.5 Å². The molecule has 1 aromatic heterocycles. The molecule has 1 aliphatic rings. The Kier molecular flexibility index (Phi) is 12.0. The third kappa shape index (κ3) is 8.44. The Bertz CT molecular complexity index is 1290. The lowest BCUT2D eigenvalue weighted by molar-refractivity contribution is 0.122. The monoisotopic (exact) mass is 572 g/mol. The summed E-state index contributed by atoms with van der Waals surface area (Å²) in [5, 5.41) is 6.44. The molecule has 0 bridgehead atoms. The number of piperazine rings is 1. The van der Waals surface area contributed by atoms with Crippen molar-refractivity contribution in [3.05, 3.63) is 77.1 Å². The quantitative estimate of drug-likeness (QED) is 0.104. The first-order valence-corrected chi connectivity index (χ1v) is 15.1. The first kappa shape index (κ1) is 31.3. The summed E-state index contributed by atoms with van der Waals surface area (Å²) in [5.41, 5.74) is 12.5. The fourth-order valence-corrected chi connectivity index (χ4v) is 5.45. The van der Waals surface area contributed by atoms with Gasteiger partial charge in [-0.25, -0.2) is 4.99 Å². The van der Waals surface area contributed by atoms with Crippen LogP contribution in [0.15, 0.2) is 64.7 Å². The van der Waals surface area contributed by atoms with Crippen molar-refractivity contribution >= 4 is 23.9 Å².